The summed E-state index contributed by atoms with van der Waals surface area (Å²) in [7, 11) is 0. The Morgan fingerprint density at radius 3 is 2.92 bits per heavy atom. The third kappa shape index (κ3) is 2.26. The van der Waals surface area contributed by atoms with Gasteiger partial charge in [-0.3, -0.25) is 9.89 Å². The zero-order chi connectivity index (χ0) is 16.8. The highest BCUT2D eigenvalue weighted by Gasteiger charge is 2.47. The number of nitrogens with one attached hydrogen (secondary N) is 1. The molecule has 0 aromatic carbocycles. The number of hydrogen-bond acceptors (Lipinski definition) is 4. The molecule has 1 aliphatic heterocycles. The fraction of sp³-hybridized carbons (Fsp3) is 0.529. The second-order valence-electron chi connectivity index (χ2n) is 6.86. The topological polar surface area (TPSA) is 99.2 Å². The van der Waals surface area contributed by atoms with Crippen molar-refractivity contribution >= 4 is 22.9 Å². The molecular weight excluding hydrogens is 308 g/mol. The fourth-order valence-corrected chi connectivity index (χ4v) is 4.26. The van der Waals surface area contributed by atoms with Gasteiger partial charge in [0.25, 0.3) is 5.91 Å². The highest BCUT2D eigenvalue weighted by atomic mass is 16.4. The smallest absolute Gasteiger partial charge is 0.326 e. The highest BCUT2D eigenvalue weighted by Crippen LogP contribution is 2.40. The van der Waals surface area contributed by atoms with Crippen molar-refractivity contribution in [1.29, 1.82) is 0 Å². The lowest BCUT2D eigenvalue weighted by Gasteiger charge is -2.33. The molecule has 2 aliphatic rings. The third-order valence-electron chi connectivity index (χ3n) is 5.45. The van der Waals surface area contributed by atoms with Gasteiger partial charge in [-0.25, -0.2) is 9.78 Å². The molecule has 0 bridgehead atoms. The molecule has 4 rings (SSSR count). The lowest BCUT2D eigenvalue weighted by atomic mass is 9.84. The summed E-state index contributed by atoms with van der Waals surface area (Å²) in [5, 5.41) is 17.3. The molecule has 126 valence electrons. The van der Waals surface area contributed by atoms with Crippen LogP contribution in [0.15, 0.2) is 12.3 Å². The van der Waals surface area contributed by atoms with E-state index in [1.54, 1.807) is 11.0 Å². The minimum absolute atomic E-state index is 0.0356. The SMILES string of the molecule is Cc1[nH]nc2ncc(C(=O)N3[C@H](C(=O)O)C[C@@H]4CCCC[C@@H]43)cc12. The van der Waals surface area contributed by atoms with E-state index >= 15 is 0 Å². The first-order valence-electron chi connectivity index (χ1n) is 8.42. The van der Waals surface area contributed by atoms with Gasteiger partial charge in [0.2, 0.25) is 0 Å². The van der Waals surface area contributed by atoms with Gasteiger partial charge in [-0.1, -0.05) is 12.8 Å². The molecule has 3 heterocycles. The van der Waals surface area contributed by atoms with Crippen molar-refractivity contribution in [2.24, 2.45) is 5.92 Å². The number of nitrogens with zero attached hydrogens (tertiary/aromatic N) is 3. The van der Waals surface area contributed by atoms with Crippen molar-refractivity contribution < 1.29 is 14.7 Å². The first-order chi connectivity index (χ1) is 11.6. The molecule has 2 N–H and O–H groups in total. The normalized spacial score (nSPS) is 26.5. The second kappa shape index (κ2) is 5.58. The van der Waals surface area contributed by atoms with Crippen molar-refractivity contribution in [3.8, 4) is 0 Å². The van der Waals surface area contributed by atoms with Crippen LogP contribution in [0.2, 0.25) is 0 Å². The molecule has 0 unspecified atom stereocenters. The summed E-state index contributed by atoms with van der Waals surface area (Å²) in [6, 6.07) is 1.07. The molecule has 2 aromatic heterocycles. The Morgan fingerprint density at radius 1 is 1.33 bits per heavy atom. The van der Waals surface area contributed by atoms with Crippen LogP contribution in [0.3, 0.4) is 0 Å². The van der Waals surface area contributed by atoms with E-state index in [0.717, 1.165) is 36.8 Å². The van der Waals surface area contributed by atoms with Gasteiger partial charge in [-0.05, 0) is 38.2 Å². The van der Waals surface area contributed by atoms with Crippen LogP contribution in [-0.2, 0) is 4.79 Å². The standard InChI is InChI=1S/C17H20N4O3/c1-9-12-6-11(8-18-15(12)20-19-9)16(22)21-13-5-3-2-4-10(13)7-14(21)17(23)24/h6,8,10,13-14H,2-5,7H2,1H3,(H,23,24)(H,18,19,20)/t10-,13-,14-/m0/s1. The summed E-state index contributed by atoms with van der Waals surface area (Å²) >= 11 is 0. The first-order valence-corrected chi connectivity index (χ1v) is 8.42. The van der Waals surface area contributed by atoms with Gasteiger partial charge in [0, 0.05) is 23.3 Å². The van der Waals surface area contributed by atoms with Gasteiger partial charge in [0.05, 0.1) is 5.56 Å². The van der Waals surface area contributed by atoms with E-state index in [4.69, 9.17) is 0 Å². The van der Waals surface area contributed by atoms with Crippen molar-refractivity contribution in [2.45, 2.75) is 51.1 Å². The number of carboxylic acids is 1. The van der Waals surface area contributed by atoms with Gasteiger partial charge < -0.3 is 10.0 Å². The van der Waals surface area contributed by atoms with Crippen LogP contribution >= 0.6 is 0 Å². The van der Waals surface area contributed by atoms with E-state index in [0.29, 0.717) is 23.5 Å². The number of aryl methyl sites for hydroxylation is 1. The second-order valence-corrected chi connectivity index (χ2v) is 6.86. The maximum Gasteiger partial charge on any atom is 0.326 e. The van der Waals surface area contributed by atoms with E-state index < -0.39 is 12.0 Å². The number of hydrogen-bond donors (Lipinski definition) is 2. The molecule has 2 fully saturated rings. The zero-order valence-corrected chi connectivity index (χ0v) is 13.5. The van der Waals surface area contributed by atoms with Crippen LogP contribution in [0.25, 0.3) is 11.0 Å². The maximum atomic E-state index is 13.1. The van der Waals surface area contributed by atoms with Gasteiger partial charge in [-0.2, -0.15) is 5.10 Å². The number of pyridine rings is 1. The lowest BCUT2D eigenvalue weighted by Crippen LogP contribution is -2.46. The average molecular weight is 328 g/mol. The Morgan fingerprint density at radius 2 is 2.12 bits per heavy atom. The third-order valence-corrected chi connectivity index (χ3v) is 5.45. The van der Waals surface area contributed by atoms with Gasteiger partial charge >= 0.3 is 5.97 Å². The zero-order valence-electron chi connectivity index (χ0n) is 13.5. The molecule has 0 radical (unpaired) electrons. The average Bonchev–Trinajstić information content (AvgIpc) is 3.15. The van der Waals surface area contributed by atoms with Gasteiger partial charge in [-0.15, -0.1) is 0 Å². The summed E-state index contributed by atoms with van der Waals surface area (Å²) in [6.07, 6.45) is 6.13. The van der Waals surface area contributed by atoms with E-state index in [2.05, 4.69) is 15.2 Å². The molecular formula is C17H20N4O3. The van der Waals surface area contributed by atoms with Crippen molar-refractivity contribution in [2.75, 3.05) is 0 Å². The van der Waals surface area contributed by atoms with Crippen LogP contribution in [0.5, 0.6) is 0 Å². The van der Waals surface area contributed by atoms with Crippen molar-refractivity contribution in [3.05, 3.63) is 23.5 Å². The minimum Gasteiger partial charge on any atom is -0.480 e. The maximum absolute atomic E-state index is 13.1. The summed E-state index contributed by atoms with van der Waals surface area (Å²) < 4.78 is 0. The fourth-order valence-electron chi connectivity index (χ4n) is 4.26. The Bertz CT molecular complexity index is 815. The molecule has 1 aliphatic carbocycles. The van der Waals surface area contributed by atoms with Crippen LogP contribution < -0.4 is 0 Å². The quantitative estimate of drug-likeness (QED) is 0.880. The number of fused-ring (bicyclic) bond motifs is 2. The summed E-state index contributed by atoms with van der Waals surface area (Å²) in [6.45, 7) is 1.87. The molecule has 1 saturated carbocycles. The molecule has 7 heteroatoms. The number of amides is 1. The number of aromatic nitrogens is 3. The van der Waals surface area contributed by atoms with Crippen LogP contribution in [0.1, 0.15) is 48.2 Å². The number of carbonyl (C=O) groups excluding carboxylic acids is 1. The molecule has 24 heavy (non-hydrogen) atoms. The van der Waals surface area contributed by atoms with Gasteiger partial charge in [0.1, 0.15) is 6.04 Å². The largest absolute Gasteiger partial charge is 0.480 e. The van der Waals surface area contributed by atoms with Crippen LogP contribution in [0, 0.1) is 12.8 Å². The first kappa shape index (κ1) is 15.1. The van der Waals surface area contributed by atoms with Gasteiger partial charge in [0.15, 0.2) is 5.65 Å². The summed E-state index contributed by atoms with van der Waals surface area (Å²) in [5.41, 5.74) is 1.85. The number of carboxylic acid groups (broad SMARTS) is 1. The van der Waals surface area contributed by atoms with Crippen LogP contribution in [-0.4, -0.2) is 49.1 Å². The number of likely N-dealkylation sites (tertiary alicyclic amines) is 1. The molecule has 7 nitrogen and oxygen atoms in total. The Kier molecular flexibility index (Phi) is 3.51. The highest BCUT2D eigenvalue weighted by molar-refractivity contribution is 5.99. The molecule has 0 spiro atoms. The number of aliphatic carboxylic acids is 1. The summed E-state index contributed by atoms with van der Waals surface area (Å²) in [5.74, 6) is -0.839. The van der Waals surface area contributed by atoms with Crippen LogP contribution in [0.4, 0.5) is 0 Å². The van der Waals surface area contributed by atoms with E-state index in [1.807, 2.05) is 6.92 Å². The predicted octanol–water partition coefficient (Wildman–Crippen LogP) is 2.12. The Labute approximate surface area is 139 Å². The Hall–Kier alpha value is -2.44. The minimum atomic E-state index is -0.911. The van der Waals surface area contributed by atoms with E-state index in [-0.39, 0.29) is 11.9 Å². The molecule has 2 aromatic rings. The van der Waals surface area contributed by atoms with Crippen molar-refractivity contribution in [3.63, 3.8) is 0 Å². The van der Waals surface area contributed by atoms with E-state index in [1.165, 1.54) is 6.20 Å². The number of H-pyrrole nitrogens is 1. The monoisotopic (exact) mass is 328 g/mol. The Balaban J connectivity index is 1.71. The molecule has 1 saturated heterocycles. The molecule has 1 amide bonds. The van der Waals surface area contributed by atoms with Crippen molar-refractivity contribution in [1.82, 2.24) is 20.1 Å². The summed E-state index contributed by atoms with van der Waals surface area (Å²) in [4.78, 5) is 30.6. The molecule has 3 atom stereocenters. The lowest BCUT2D eigenvalue weighted by molar-refractivity contribution is -0.141. The number of aromatic amines is 1. The van der Waals surface area contributed by atoms with E-state index in [9.17, 15) is 14.7 Å². The number of carbonyl (C=O) groups is 2. The predicted molar refractivity (Wildman–Crippen MR) is 86.6 cm³/mol. The number of rotatable bonds is 2.